The zero-order chi connectivity index (χ0) is 13.9. The standard InChI is InChI=1S/C16H32O2/c1-4-7-10-11-14-16(18,13-9-6-3)15(17)12-8-5-2/h18H,4-14H2,1-3H3. The number of unbranched alkanes of at least 4 members (excludes halogenated alkanes) is 5. The second kappa shape index (κ2) is 10.5. The Morgan fingerprint density at radius 2 is 1.39 bits per heavy atom. The Hall–Kier alpha value is -0.370. The van der Waals surface area contributed by atoms with Gasteiger partial charge in [0.2, 0.25) is 0 Å². The number of hydrogen-bond acceptors (Lipinski definition) is 2. The molecule has 18 heavy (non-hydrogen) atoms. The third-order valence-electron chi connectivity index (χ3n) is 3.66. The summed E-state index contributed by atoms with van der Waals surface area (Å²) in [4.78, 5) is 12.1. The molecular weight excluding hydrogens is 224 g/mol. The van der Waals surface area contributed by atoms with Gasteiger partial charge < -0.3 is 5.11 Å². The summed E-state index contributed by atoms with van der Waals surface area (Å²) in [5.74, 6) is 0.0781. The van der Waals surface area contributed by atoms with Gasteiger partial charge in [-0.05, 0) is 19.3 Å². The van der Waals surface area contributed by atoms with Gasteiger partial charge >= 0.3 is 0 Å². The van der Waals surface area contributed by atoms with Crippen molar-refractivity contribution in [3.05, 3.63) is 0 Å². The largest absolute Gasteiger partial charge is 0.382 e. The molecule has 0 aliphatic carbocycles. The van der Waals surface area contributed by atoms with Crippen molar-refractivity contribution in [1.82, 2.24) is 0 Å². The monoisotopic (exact) mass is 256 g/mol. The van der Waals surface area contributed by atoms with Crippen molar-refractivity contribution in [2.75, 3.05) is 0 Å². The molecule has 0 aromatic carbocycles. The van der Waals surface area contributed by atoms with E-state index >= 15 is 0 Å². The molecule has 0 spiro atoms. The summed E-state index contributed by atoms with van der Waals surface area (Å²) in [6, 6.07) is 0. The van der Waals surface area contributed by atoms with E-state index in [0.717, 1.165) is 38.5 Å². The van der Waals surface area contributed by atoms with Crippen molar-refractivity contribution in [1.29, 1.82) is 0 Å². The summed E-state index contributed by atoms with van der Waals surface area (Å²) in [6.07, 6.45) is 10.3. The third kappa shape index (κ3) is 7.15. The molecule has 2 nitrogen and oxygen atoms in total. The number of ketones is 1. The molecule has 1 unspecified atom stereocenters. The van der Waals surface area contributed by atoms with E-state index in [-0.39, 0.29) is 5.78 Å². The van der Waals surface area contributed by atoms with E-state index in [1.165, 1.54) is 12.8 Å². The highest BCUT2D eigenvalue weighted by Crippen LogP contribution is 2.25. The Balaban J connectivity index is 4.26. The zero-order valence-corrected chi connectivity index (χ0v) is 12.6. The van der Waals surface area contributed by atoms with E-state index in [4.69, 9.17) is 0 Å². The molecule has 0 aliphatic rings. The molecule has 2 heteroatoms. The van der Waals surface area contributed by atoms with Crippen LogP contribution in [0.5, 0.6) is 0 Å². The van der Waals surface area contributed by atoms with Gasteiger partial charge in [-0.25, -0.2) is 0 Å². The molecule has 0 amide bonds. The van der Waals surface area contributed by atoms with E-state index in [1.807, 2.05) is 0 Å². The van der Waals surface area contributed by atoms with Crippen LogP contribution in [-0.4, -0.2) is 16.5 Å². The van der Waals surface area contributed by atoms with E-state index in [1.54, 1.807) is 0 Å². The minimum atomic E-state index is -1.03. The Labute approximate surface area is 113 Å². The van der Waals surface area contributed by atoms with Crippen molar-refractivity contribution in [3.8, 4) is 0 Å². The lowest BCUT2D eigenvalue weighted by Gasteiger charge is -2.27. The van der Waals surface area contributed by atoms with Gasteiger partial charge in [-0.2, -0.15) is 0 Å². The first-order chi connectivity index (χ1) is 8.60. The number of carbonyl (C=O) groups is 1. The van der Waals surface area contributed by atoms with Crippen molar-refractivity contribution < 1.29 is 9.90 Å². The first kappa shape index (κ1) is 17.6. The van der Waals surface area contributed by atoms with Crippen molar-refractivity contribution >= 4 is 5.78 Å². The summed E-state index contributed by atoms with van der Waals surface area (Å²) >= 11 is 0. The van der Waals surface area contributed by atoms with Crippen LogP contribution in [0.25, 0.3) is 0 Å². The molecule has 0 fully saturated rings. The topological polar surface area (TPSA) is 37.3 Å². The van der Waals surface area contributed by atoms with Crippen LogP contribution in [-0.2, 0) is 4.79 Å². The lowest BCUT2D eigenvalue weighted by Crippen LogP contribution is -2.38. The molecule has 0 aliphatic heterocycles. The van der Waals surface area contributed by atoms with Gasteiger partial charge in [-0.15, -0.1) is 0 Å². The van der Waals surface area contributed by atoms with E-state index in [9.17, 15) is 9.90 Å². The average Bonchev–Trinajstić information content (AvgIpc) is 2.38. The van der Waals surface area contributed by atoms with Crippen LogP contribution >= 0.6 is 0 Å². The Bertz CT molecular complexity index is 213. The minimum Gasteiger partial charge on any atom is -0.382 e. The maximum Gasteiger partial charge on any atom is 0.164 e. The predicted octanol–water partition coefficient (Wildman–Crippen LogP) is 4.64. The third-order valence-corrected chi connectivity index (χ3v) is 3.66. The predicted molar refractivity (Wildman–Crippen MR) is 77.8 cm³/mol. The normalized spacial score (nSPS) is 14.4. The zero-order valence-electron chi connectivity index (χ0n) is 12.6. The lowest BCUT2D eigenvalue weighted by molar-refractivity contribution is -0.139. The van der Waals surface area contributed by atoms with Gasteiger partial charge in [-0.1, -0.05) is 65.7 Å². The molecule has 1 atom stereocenters. The van der Waals surface area contributed by atoms with Gasteiger partial charge in [0.1, 0.15) is 5.60 Å². The molecular formula is C16H32O2. The fourth-order valence-corrected chi connectivity index (χ4v) is 2.29. The number of Topliss-reactive ketones (excluding diaryl/α,β-unsaturated/α-hetero) is 1. The number of rotatable bonds is 12. The lowest BCUT2D eigenvalue weighted by atomic mass is 9.84. The van der Waals surface area contributed by atoms with E-state index in [0.29, 0.717) is 19.3 Å². The molecule has 0 radical (unpaired) electrons. The van der Waals surface area contributed by atoms with Gasteiger partial charge in [0.15, 0.2) is 5.78 Å². The molecule has 108 valence electrons. The highest BCUT2D eigenvalue weighted by molar-refractivity contribution is 5.86. The fraction of sp³-hybridized carbons (Fsp3) is 0.938. The fourth-order valence-electron chi connectivity index (χ4n) is 2.29. The second-order valence-electron chi connectivity index (χ2n) is 5.47. The van der Waals surface area contributed by atoms with Crippen LogP contribution in [0.2, 0.25) is 0 Å². The summed E-state index contributed by atoms with van der Waals surface area (Å²) in [7, 11) is 0. The van der Waals surface area contributed by atoms with Crippen LogP contribution in [0, 0.1) is 0 Å². The molecule has 0 aromatic rings. The Morgan fingerprint density at radius 3 is 1.94 bits per heavy atom. The Kier molecular flexibility index (Phi) is 10.3. The smallest absolute Gasteiger partial charge is 0.164 e. The van der Waals surface area contributed by atoms with Crippen LogP contribution in [0.3, 0.4) is 0 Å². The van der Waals surface area contributed by atoms with Crippen LogP contribution in [0.15, 0.2) is 0 Å². The molecule has 0 rings (SSSR count). The molecule has 1 N–H and O–H groups in total. The van der Waals surface area contributed by atoms with Crippen molar-refractivity contribution in [3.63, 3.8) is 0 Å². The molecule has 0 saturated heterocycles. The number of hydrogen-bond donors (Lipinski definition) is 1. The maximum absolute atomic E-state index is 12.1. The summed E-state index contributed by atoms with van der Waals surface area (Å²) in [5.41, 5.74) is -1.03. The number of aliphatic hydroxyl groups is 1. The molecule has 0 bridgehead atoms. The average molecular weight is 256 g/mol. The van der Waals surface area contributed by atoms with Gasteiger partial charge in [-0.3, -0.25) is 4.79 Å². The summed E-state index contributed by atoms with van der Waals surface area (Å²) in [5, 5.41) is 10.6. The van der Waals surface area contributed by atoms with Gasteiger partial charge in [0, 0.05) is 6.42 Å². The molecule has 0 aromatic heterocycles. The van der Waals surface area contributed by atoms with Crippen LogP contribution < -0.4 is 0 Å². The number of carbonyl (C=O) groups excluding carboxylic acids is 1. The van der Waals surface area contributed by atoms with Gasteiger partial charge in [0.05, 0.1) is 0 Å². The highest BCUT2D eigenvalue weighted by Gasteiger charge is 2.33. The highest BCUT2D eigenvalue weighted by atomic mass is 16.3. The second-order valence-corrected chi connectivity index (χ2v) is 5.47. The van der Waals surface area contributed by atoms with Crippen molar-refractivity contribution in [2.45, 2.75) is 97.0 Å². The SMILES string of the molecule is CCCCCCC(O)(CCCC)C(=O)CCCC. The van der Waals surface area contributed by atoms with Gasteiger partial charge in [0.25, 0.3) is 0 Å². The quantitative estimate of drug-likeness (QED) is 0.517. The molecule has 0 heterocycles. The molecule has 0 saturated carbocycles. The summed E-state index contributed by atoms with van der Waals surface area (Å²) < 4.78 is 0. The van der Waals surface area contributed by atoms with Crippen molar-refractivity contribution in [2.24, 2.45) is 0 Å². The van der Waals surface area contributed by atoms with Crippen LogP contribution in [0.4, 0.5) is 0 Å². The maximum atomic E-state index is 12.1. The minimum absolute atomic E-state index is 0.0781. The Morgan fingerprint density at radius 1 is 0.833 bits per heavy atom. The first-order valence-electron chi connectivity index (χ1n) is 7.86. The summed E-state index contributed by atoms with van der Waals surface area (Å²) in [6.45, 7) is 6.36. The first-order valence-corrected chi connectivity index (χ1v) is 7.86. The van der Waals surface area contributed by atoms with Crippen LogP contribution in [0.1, 0.15) is 91.4 Å². The van der Waals surface area contributed by atoms with E-state index < -0.39 is 5.60 Å². The van der Waals surface area contributed by atoms with E-state index in [2.05, 4.69) is 20.8 Å².